The number of nitrogens with zero attached hydrogens (tertiary/aromatic N) is 1. The first-order valence-corrected chi connectivity index (χ1v) is 6.36. The van der Waals surface area contributed by atoms with E-state index in [9.17, 15) is 4.79 Å². The fraction of sp³-hybridized carbons (Fsp3) is 0.400. The van der Waals surface area contributed by atoms with Gasteiger partial charge in [0.25, 0.3) is 5.56 Å². The molecule has 1 heterocycles. The Morgan fingerprint density at radius 2 is 1.89 bits per heavy atom. The average Bonchev–Trinajstić information content (AvgIpc) is 2.58. The molecule has 2 rings (SSSR count). The summed E-state index contributed by atoms with van der Waals surface area (Å²) < 4.78 is 1.71. The molecule has 3 nitrogen and oxygen atoms in total. The van der Waals surface area contributed by atoms with Crippen molar-refractivity contribution in [3.05, 3.63) is 45.7 Å². The lowest BCUT2D eigenvalue weighted by molar-refractivity contribution is 0.473. The molecule has 96 valence electrons. The maximum absolute atomic E-state index is 12.1. The van der Waals surface area contributed by atoms with E-state index in [0.29, 0.717) is 5.92 Å². The summed E-state index contributed by atoms with van der Waals surface area (Å²) in [7, 11) is 0. The van der Waals surface area contributed by atoms with Crippen molar-refractivity contribution in [2.24, 2.45) is 5.92 Å². The molecule has 0 aliphatic rings. The topological polar surface area (TPSA) is 37.8 Å². The van der Waals surface area contributed by atoms with Crippen LogP contribution < -0.4 is 5.56 Å². The van der Waals surface area contributed by atoms with Crippen LogP contribution in [0.3, 0.4) is 0 Å². The van der Waals surface area contributed by atoms with Gasteiger partial charge >= 0.3 is 0 Å². The number of rotatable bonds is 3. The minimum absolute atomic E-state index is 0.0851. The predicted molar refractivity (Wildman–Crippen MR) is 74.8 cm³/mol. The summed E-state index contributed by atoms with van der Waals surface area (Å²) in [6, 6.07) is 8.12. The van der Waals surface area contributed by atoms with Crippen LogP contribution in [-0.4, -0.2) is 9.78 Å². The highest BCUT2D eigenvalue weighted by Gasteiger charge is 2.13. The Labute approximate surface area is 107 Å². The Hall–Kier alpha value is -1.77. The molecule has 1 N–H and O–H groups in total. The van der Waals surface area contributed by atoms with Crippen LogP contribution in [0.4, 0.5) is 0 Å². The molecule has 1 aromatic heterocycles. The highest BCUT2D eigenvalue weighted by atomic mass is 16.1. The Morgan fingerprint density at radius 3 is 2.50 bits per heavy atom. The van der Waals surface area contributed by atoms with Gasteiger partial charge in [-0.3, -0.25) is 14.6 Å². The second kappa shape index (κ2) is 4.84. The van der Waals surface area contributed by atoms with Crippen molar-refractivity contribution in [1.82, 2.24) is 9.78 Å². The predicted octanol–water partition coefficient (Wildman–Crippen LogP) is 3.12. The summed E-state index contributed by atoms with van der Waals surface area (Å²) in [6.45, 7) is 8.89. The van der Waals surface area contributed by atoms with E-state index in [1.807, 2.05) is 25.1 Å². The Kier molecular flexibility index (Phi) is 3.41. The number of hydrogen-bond acceptors (Lipinski definition) is 1. The van der Waals surface area contributed by atoms with E-state index in [0.717, 1.165) is 23.4 Å². The van der Waals surface area contributed by atoms with Crippen LogP contribution in [-0.2, 0) is 6.54 Å². The van der Waals surface area contributed by atoms with Crippen molar-refractivity contribution >= 4 is 0 Å². The Bertz CT molecular complexity index is 605. The first-order chi connectivity index (χ1) is 8.50. The Morgan fingerprint density at radius 1 is 1.22 bits per heavy atom. The SMILES string of the molecule is Cc1ccccc1-c1[nH]n(CC(C)C)c(=O)c1C. The van der Waals surface area contributed by atoms with Gasteiger partial charge < -0.3 is 0 Å². The second-order valence-electron chi connectivity index (χ2n) is 5.24. The fourth-order valence-corrected chi connectivity index (χ4v) is 2.19. The molecule has 1 aromatic carbocycles. The van der Waals surface area contributed by atoms with Crippen LogP contribution in [0.5, 0.6) is 0 Å². The van der Waals surface area contributed by atoms with Gasteiger partial charge in [0.05, 0.1) is 5.69 Å². The number of aromatic amines is 1. The van der Waals surface area contributed by atoms with E-state index in [4.69, 9.17) is 0 Å². The van der Waals surface area contributed by atoms with Crippen molar-refractivity contribution in [3.63, 3.8) is 0 Å². The van der Waals surface area contributed by atoms with E-state index in [1.54, 1.807) is 4.68 Å². The van der Waals surface area contributed by atoms with Crippen LogP contribution >= 0.6 is 0 Å². The highest BCUT2D eigenvalue weighted by Crippen LogP contribution is 2.22. The van der Waals surface area contributed by atoms with Crippen molar-refractivity contribution < 1.29 is 0 Å². The first kappa shape index (κ1) is 12.7. The summed E-state index contributed by atoms with van der Waals surface area (Å²) in [5, 5.41) is 3.24. The van der Waals surface area contributed by atoms with E-state index in [1.165, 1.54) is 5.56 Å². The van der Waals surface area contributed by atoms with Gasteiger partial charge in [-0.05, 0) is 25.3 Å². The summed E-state index contributed by atoms with van der Waals surface area (Å²) >= 11 is 0. The lowest BCUT2D eigenvalue weighted by Crippen LogP contribution is -2.20. The maximum Gasteiger partial charge on any atom is 0.270 e. The molecular formula is C15H20N2O. The molecule has 18 heavy (non-hydrogen) atoms. The monoisotopic (exact) mass is 244 g/mol. The quantitative estimate of drug-likeness (QED) is 0.885. The van der Waals surface area contributed by atoms with Crippen molar-refractivity contribution in [3.8, 4) is 11.3 Å². The number of aromatic nitrogens is 2. The third-order valence-electron chi connectivity index (χ3n) is 3.15. The molecule has 2 aromatic rings. The smallest absolute Gasteiger partial charge is 0.270 e. The molecule has 3 heteroatoms. The lowest BCUT2D eigenvalue weighted by atomic mass is 10.0. The fourth-order valence-electron chi connectivity index (χ4n) is 2.19. The van der Waals surface area contributed by atoms with Crippen LogP contribution in [0, 0.1) is 19.8 Å². The van der Waals surface area contributed by atoms with E-state index >= 15 is 0 Å². The number of benzene rings is 1. The minimum Gasteiger partial charge on any atom is -0.295 e. The third-order valence-corrected chi connectivity index (χ3v) is 3.15. The lowest BCUT2D eigenvalue weighted by Gasteiger charge is -2.06. The zero-order chi connectivity index (χ0) is 13.3. The summed E-state index contributed by atoms with van der Waals surface area (Å²) in [5.41, 5.74) is 4.11. The number of H-pyrrole nitrogens is 1. The van der Waals surface area contributed by atoms with Gasteiger partial charge in [-0.25, -0.2) is 0 Å². The van der Waals surface area contributed by atoms with E-state index in [2.05, 4.69) is 31.9 Å². The van der Waals surface area contributed by atoms with Gasteiger partial charge in [-0.2, -0.15) is 0 Å². The maximum atomic E-state index is 12.1. The largest absolute Gasteiger partial charge is 0.295 e. The van der Waals surface area contributed by atoms with E-state index in [-0.39, 0.29) is 5.56 Å². The van der Waals surface area contributed by atoms with Gasteiger partial charge in [-0.15, -0.1) is 0 Å². The third kappa shape index (κ3) is 2.26. The van der Waals surface area contributed by atoms with Crippen LogP contribution in [0.25, 0.3) is 11.3 Å². The minimum atomic E-state index is 0.0851. The zero-order valence-corrected chi connectivity index (χ0v) is 11.4. The normalized spacial score (nSPS) is 11.2. The molecule has 0 unspecified atom stereocenters. The molecule has 0 saturated carbocycles. The number of nitrogens with one attached hydrogen (secondary N) is 1. The second-order valence-corrected chi connectivity index (χ2v) is 5.24. The molecule has 0 spiro atoms. The molecule has 0 radical (unpaired) electrons. The van der Waals surface area contributed by atoms with Gasteiger partial charge in [0.15, 0.2) is 0 Å². The first-order valence-electron chi connectivity index (χ1n) is 6.36. The van der Waals surface area contributed by atoms with Crippen LogP contribution in [0.1, 0.15) is 25.0 Å². The molecule has 0 amide bonds. The van der Waals surface area contributed by atoms with Crippen molar-refractivity contribution in [1.29, 1.82) is 0 Å². The molecule has 0 saturated heterocycles. The molecule has 0 aliphatic heterocycles. The summed E-state index contributed by atoms with van der Waals surface area (Å²) in [4.78, 5) is 12.1. The molecule has 0 fully saturated rings. The van der Waals surface area contributed by atoms with Gasteiger partial charge in [0, 0.05) is 17.7 Å². The molecular weight excluding hydrogens is 224 g/mol. The highest BCUT2D eigenvalue weighted by molar-refractivity contribution is 5.65. The van der Waals surface area contributed by atoms with E-state index < -0.39 is 0 Å². The van der Waals surface area contributed by atoms with Gasteiger partial charge in [0.1, 0.15) is 0 Å². The summed E-state index contributed by atoms with van der Waals surface area (Å²) in [5.74, 6) is 0.450. The van der Waals surface area contributed by atoms with Gasteiger partial charge in [-0.1, -0.05) is 38.1 Å². The average molecular weight is 244 g/mol. The summed E-state index contributed by atoms with van der Waals surface area (Å²) in [6.07, 6.45) is 0. The van der Waals surface area contributed by atoms with Crippen molar-refractivity contribution in [2.45, 2.75) is 34.2 Å². The molecule has 0 atom stereocenters. The Balaban J connectivity index is 2.54. The number of aryl methyl sites for hydroxylation is 1. The molecule has 0 aliphatic carbocycles. The van der Waals surface area contributed by atoms with Crippen LogP contribution in [0.2, 0.25) is 0 Å². The van der Waals surface area contributed by atoms with Gasteiger partial charge in [0.2, 0.25) is 0 Å². The molecule has 0 bridgehead atoms. The zero-order valence-electron chi connectivity index (χ0n) is 11.4. The van der Waals surface area contributed by atoms with Crippen molar-refractivity contribution in [2.75, 3.05) is 0 Å². The number of hydrogen-bond donors (Lipinski definition) is 1. The van der Waals surface area contributed by atoms with Crippen LogP contribution in [0.15, 0.2) is 29.1 Å². The standard InChI is InChI=1S/C15H20N2O/c1-10(2)9-17-15(18)12(4)14(16-17)13-8-6-5-7-11(13)3/h5-8,10,16H,9H2,1-4H3.